The number of hydrogen-bond donors (Lipinski definition) is 0. The van der Waals surface area contributed by atoms with Gasteiger partial charge in [-0.15, -0.1) is 11.3 Å². The number of hydrogen-bond acceptors (Lipinski definition) is 5. The van der Waals surface area contributed by atoms with E-state index in [9.17, 15) is 18.7 Å². The molecule has 1 unspecified atom stereocenters. The number of thiophene rings is 1. The van der Waals surface area contributed by atoms with Crippen LogP contribution < -0.4 is 64.2 Å². The summed E-state index contributed by atoms with van der Waals surface area (Å²) in [6, 6.07) is 1.20. The van der Waals surface area contributed by atoms with Crippen molar-refractivity contribution < 1.29 is 77.8 Å². The van der Waals surface area contributed by atoms with Crippen molar-refractivity contribution in [2.45, 2.75) is 4.21 Å². The summed E-state index contributed by atoms with van der Waals surface area (Å²) in [7, 11) is 0. The fraction of sp³-hybridized carbons (Fsp3) is 0. The van der Waals surface area contributed by atoms with Crippen molar-refractivity contribution in [2.24, 2.45) is 0 Å². The summed E-state index contributed by atoms with van der Waals surface area (Å²) in [5, 5.41) is 10.3. The molecule has 9 heteroatoms. The topological polar surface area (TPSA) is 80.3 Å². The number of halogens is 1. The van der Waals surface area contributed by atoms with Crippen LogP contribution in [0.1, 0.15) is 9.67 Å². The van der Waals surface area contributed by atoms with Crippen molar-refractivity contribution in [1.29, 1.82) is 0 Å². The predicted molar refractivity (Wildman–Crippen MR) is 43.5 cm³/mol. The van der Waals surface area contributed by atoms with Gasteiger partial charge in [0.05, 0.1) is 15.1 Å². The molecule has 0 fully saturated rings. The quantitative estimate of drug-likeness (QED) is 0.402. The molecule has 1 atom stereocenters. The van der Waals surface area contributed by atoms with Crippen LogP contribution >= 0.6 is 27.3 Å². The summed E-state index contributed by atoms with van der Waals surface area (Å²) in [5.74, 6) is -1.38. The van der Waals surface area contributed by atoms with Crippen molar-refractivity contribution in [3.8, 4) is 0 Å². The second-order valence-electron chi connectivity index (χ2n) is 1.77. The van der Waals surface area contributed by atoms with Crippen LogP contribution in [0.15, 0.2) is 14.7 Å². The fourth-order valence-electron chi connectivity index (χ4n) is 0.566. The van der Waals surface area contributed by atoms with E-state index in [1.165, 1.54) is 6.07 Å². The van der Waals surface area contributed by atoms with Gasteiger partial charge in [0.25, 0.3) is 0 Å². The maximum atomic E-state index is 10.4. The van der Waals surface area contributed by atoms with Crippen LogP contribution in [0.3, 0.4) is 0 Å². The molecule has 14 heavy (non-hydrogen) atoms. The summed E-state index contributed by atoms with van der Waals surface area (Å²) >= 11 is 1.16. The van der Waals surface area contributed by atoms with Crippen LogP contribution in [-0.2, 0) is 11.1 Å². The molecule has 0 aliphatic heterocycles. The van der Waals surface area contributed by atoms with Crippen LogP contribution in [0.2, 0.25) is 0 Å². The van der Waals surface area contributed by atoms with Crippen LogP contribution in [0.5, 0.6) is 0 Å². The Bertz CT molecular complexity index is 354. The molecule has 0 saturated heterocycles. The molecule has 0 radical (unpaired) electrons. The van der Waals surface area contributed by atoms with Gasteiger partial charge in [-0.2, -0.15) is 0 Å². The molecule has 1 rings (SSSR count). The average Bonchev–Trinajstić information content (AvgIpc) is 2.30. The van der Waals surface area contributed by atoms with Crippen molar-refractivity contribution in [1.82, 2.24) is 0 Å². The van der Waals surface area contributed by atoms with Gasteiger partial charge < -0.3 is 14.5 Å². The van der Waals surface area contributed by atoms with E-state index >= 15 is 0 Å². The number of carboxylic acids is 1. The Morgan fingerprint density at radius 1 is 1.50 bits per heavy atom. The van der Waals surface area contributed by atoms with Gasteiger partial charge in [-0.1, -0.05) is 0 Å². The Morgan fingerprint density at radius 2 is 2.00 bits per heavy atom. The van der Waals surface area contributed by atoms with E-state index in [0.717, 1.165) is 0 Å². The van der Waals surface area contributed by atoms with Gasteiger partial charge >= 0.3 is 59.1 Å². The number of carbonyl (C=O) groups is 1. The molecular formula is C5HBrNa2O4S2. The second-order valence-corrected chi connectivity index (χ2v) is 4.81. The van der Waals surface area contributed by atoms with Crippen LogP contribution in [0, 0.1) is 0 Å². The molecule has 0 N–H and O–H groups in total. The molecule has 66 valence electrons. The van der Waals surface area contributed by atoms with Gasteiger partial charge in [-0.3, -0.25) is 4.21 Å². The van der Waals surface area contributed by atoms with E-state index in [4.69, 9.17) is 0 Å². The van der Waals surface area contributed by atoms with E-state index < -0.39 is 17.0 Å². The third-order valence-electron chi connectivity index (χ3n) is 1.01. The Balaban J connectivity index is 0. The molecule has 0 spiro atoms. The Morgan fingerprint density at radius 3 is 2.21 bits per heavy atom. The van der Waals surface area contributed by atoms with Gasteiger partial charge in [0.2, 0.25) is 0 Å². The monoisotopic (exact) mass is 314 g/mol. The standard InChI is InChI=1S/C5H3BrO4S2.2Na/c6-2-1-3(4(7)8)11-5(2)12(9)10;;/h1H,(H,7,8)(H,9,10);;/q;2*+1/p-2. The molecule has 0 bridgehead atoms. The average molecular weight is 315 g/mol. The van der Waals surface area contributed by atoms with E-state index in [1.807, 2.05) is 0 Å². The summed E-state index contributed by atoms with van der Waals surface area (Å²) in [6.07, 6.45) is 0. The summed E-state index contributed by atoms with van der Waals surface area (Å²) < 4.78 is 21.1. The number of aromatic carboxylic acids is 1. The first-order chi connectivity index (χ1) is 5.52. The first-order valence-electron chi connectivity index (χ1n) is 2.62. The molecule has 4 nitrogen and oxygen atoms in total. The zero-order chi connectivity index (χ0) is 9.30. The Hall–Kier alpha value is 1.76. The maximum absolute atomic E-state index is 10.4. The van der Waals surface area contributed by atoms with Gasteiger partial charge in [0.15, 0.2) is 0 Å². The van der Waals surface area contributed by atoms with Crippen molar-refractivity contribution >= 4 is 44.3 Å². The van der Waals surface area contributed by atoms with Gasteiger partial charge in [0.1, 0.15) is 0 Å². The molecule has 1 aromatic heterocycles. The SMILES string of the molecule is O=C([O-])c1cc(Br)c(S(=O)[O-])s1.[Na+].[Na+]. The first kappa shape index (κ1) is 18.1. The van der Waals surface area contributed by atoms with E-state index in [1.54, 1.807) is 0 Å². The molecule has 0 saturated carbocycles. The number of carbonyl (C=O) groups excluding carboxylic acids is 1. The van der Waals surface area contributed by atoms with Crippen LogP contribution in [0.4, 0.5) is 0 Å². The molecule has 1 heterocycles. The van der Waals surface area contributed by atoms with E-state index in [2.05, 4.69) is 15.9 Å². The third-order valence-corrected chi connectivity index (χ3v) is 4.25. The van der Waals surface area contributed by atoms with Crippen LogP contribution in [0.25, 0.3) is 0 Å². The van der Waals surface area contributed by atoms with E-state index in [0.29, 0.717) is 11.3 Å². The summed E-state index contributed by atoms with van der Waals surface area (Å²) in [6.45, 7) is 0. The molecule has 1 aromatic rings. The predicted octanol–water partition coefficient (Wildman–Crippen LogP) is -5.88. The van der Waals surface area contributed by atoms with Crippen LogP contribution in [-0.4, -0.2) is 14.7 Å². The minimum Gasteiger partial charge on any atom is -0.768 e. The first-order valence-corrected chi connectivity index (χ1v) is 5.30. The molecule has 0 aromatic carbocycles. The fourth-order valence-corrected chi connectivity index (χ4v) is 2.96. The molecule has 0 aliphatic carbocycles. The van der Waals surface area contributed by atoms with Crippen molar-refractivity contribution in [3.05, 3.63) is 15.4 Å². The summed E-state index contributed by atoms with van der Waals surface area (Å²) in [4.78, 5) is 10.2. The van der Waals surface area contributed by atoms with Gasteiger partial charge in [-0.05, 0) is 33.1 Å². The number of carboxylic acid groups (broad SMARTS) is 1. The molecular weight excluding hydrogens is 314 g/mol. The minimum atomic E-state index is -2.41. The molecule has 0 aliphatic rings. The Labute approximate surface area is 139 Å². The Kier molecular flexibility index (Phi) is 10.3. The minimum absolute atomic E-state index is 0. The van der Waals surface area contributed by atoms with E-state index in [-0.39, 0.29) is 72.7 Å². The zero-order valence-corrected chi connectivity index (χ0v) is 14.6. The zero-order valence-electron chi connectivity index (χ0n) is 7.40. The van der Waals surface area contributed by atoms with Crippen molar-refractivity contribution in [2.75, 3.05) is 0 Å². The second kappa shape index (κ2) is 7.94. The number of rotatable bonds is 2. The third kappa shape index (κ3) is 4.73. The molecule has 0 amide bonds. The largest absolute Gasteiger partial charge is 1.00 e. The summed E-state index contributed by atoms with van der Waals surface area (Å²) in [5.41, 5.74) is 0. The normalized spacial score (nSPS) is 11.0. The smallest absolute Gasteiger partial charge is 0.768 e. The van der Waals surface area contributed by atoms with Gasteiger partial charge in [-0.25, -0.2) is 0 Å². The van der Waals surface area contributed by atoms with Gasteiger partial charge in [0, 0.05) is 4.47 Å². The van der Waals surface area contributed by atoms with Crippen molar-refractivity contribution in [3.63, 3.8) is 0 Å². The maximum Gasteiger partial charge on any atom is 1.00 e.